The van der Waals surface area contributed by atoms with Crippen LogP contribution in [0.5, 0.6) is 5.75 Å². The van der Waals surface area contributed by atoms with Crippen LogP contribution in [0.15, 0.2) is 55.1 Å². The number of nitrogens with zero attached hydrogens (tertiary/aromatic N) is 6. The molecule has 1 saturated heterocycles. The van der Waals surface area contributed by atoms with Gasteiger partial charge in [-0.1, -0.05) is 29.8 Å². The van der Waals surface area contributed by atoms with Crippen molar-refractivity contribution in [2.45, 2.75) is 0 Å². The number of ether oxygens (including phenoxy) is 1. The van der Waals surface area contributed by atoms with Crippen LogP contribution in [0.3, 0.4) is 0 Å². The lowest BCUT2D eigenvalue weighted by Gasteiger charge is -2.35. The van der Waals surface area contributed by atoms with Gasteiger partial charge in [0.1, 0.15) is 5.75 Å². The molecule has 0 unspecified atom stereocenters. The van der Waals surface area contributed by atoms with Crippen molar-refractivity contribution in [2.24, 2.45) is 0 Å². The van der Waals surface area contributed by atoms with E-state index >= 15 is 0 Å². The molecule has 1 fully saturated rings. The number of aromatic nitrogens is 4. The molecule has 9 nitrogen and oxygen atoms in total. The van der Waals surface area contributed by atoms with Crippen LogP contribution < -0.4 is 15.0 Å². The van der Waals surface area contributed by atoms with E-state index in [0.717, 1.165) is 16.5 Å². The minimum Gasteiger partial charge on any atom is -0.496 e. The fourth-order valence-electron chi connectivity index (χ4n) is 4.19. The van der Waals surface area contributed by atoms with Crippen LogP contribution in [0, 0.1) is 0 Å². The van der Waals surface area contributed by atoms with E-state index in [0.29, 0.717) is 60.9 Å². The molecule has 0 atom stereocenters. The number of piperazine rings is 1. The quantitative estimate of drug-likeness (QED) is 0.442. The molecule has 2 amide bonds. The predicted molar refractivity (Wildman–Crippen MR) is 133 cm³/mol. The van der Waals surface area contributed by atoms with Gasteiger partial charge in [0.15, 0.2) is 11.5 Å². The minimum absolute atomic E-state index is 0.0954. The number of urea groups is 1. The van der Waals surface area contributed by atoms with E-state index in [2.05, 4.69) is 27.0 Å². The normalized spacial score (nSPS) is 13.9. The van der Waals surface area contributed by atoms with E-state index in [1.165, 1.54) is 0 Å². The maximum atomic E-state index is 12.4. The Hall–Kier alpha value is -3.85. The zero-order valence-electron chi connectivity index (χ0n) is 18.7. The number of halogens is 1. The Bertz CT molecular complexity index is 1380. The first-order valence-electron chi connectivity index (χ1n) is 11.0. The number of para-hydroxylation sites is 1. The first-order valence-corrected chi connectivity index (χ1v) is 11.3. The fourth-order valence-corrected chi connectivity index (χ4v) is 4.36. The summed E-state index contributed by atoms with van der Waals surface area (Å²) in [6, 6.07) is 13.2. The summed E-state index contributed by atoms with van der Waals surface area (Å²) in [6.07, 6.45) is 1.67. The molecule has 0 spiro atoms. The SMILES string of the molecule is C=CCNC(=O)N1CCN(c2nc3cc(Cl)ccc3c3nnc(-c4ccccc4OC)n23)CC1. The Morgan fingerprint density at radius 3 is 2.74 bits per heavy atom. The number of anilines is 1. The van der Waals surface area contributed by atoms with Gasteiger partial charge >= 0.3 is 6.03 Å². The predicted octanol–water partition coefficient (Wildman–Crippen LogP) is 3.62. The van der Waals surface area contributed by atoms with Crippen LogP contribution in [0.2, 0.25) is 5.02 Å². The molecule has 3 heterocycles. The van der Waals surface area contributed by atoms with Crippen molar-refractivity contribution in [3.63, 3.8) is 0 Å². The number of fused-ring (bicyclic) bond motifs is 3. The molecule has 0 radical (unpaired) electrons. The van der Waals surface area contributed by atoms with Crippen LogP contribution in [0.25, 0.3) is 27.9 Å². The summed E-state index contributed by atoms with van der Waals surface area (Å²) in [6.45, 7) is 6.43. The number of amides is 2. The molecule has 2 aromatic carbocycles. The van der Waals surface area contributed by atoms with Gasteiger partial charge in [-0.05, 0) is 30.3 Å². The summed E-state index contributed by atoms with van der Waals surface area (Å²) in [5, 5.41) is 13.3. The zero-order valence-corrected chi connectivity index (χ0v) is 19.5. The number of hydrogen-bond acceptors (Lipinski definition) is 6. The number of rotatable bonds is 5. The smallest absolute Gasteiger partial charge is 0.317 e. The van der Waals surface area contributed by atoms with Crippen molar-refractivity contribution in [1.82, 2.24) is 29.8 Å². The van der Waals surface area contributed by atoms with E-state index in [1.54, 1.807) is 18.1 Å². The van der Waals surface area contributed by atoms with E-state index in [4.69, 9.17) is 21.3 Å². The zero-order chi connectivity index (χ0) is 23.7. The highest BCUT2D eigenvalue weighted by molar-refractivity contribution is 6.31. The van der Waals surface area contributed by atoms with E-state index in [1.807, 2.05) is 46.9 Å². The van der Waals surface area contributed by atoms with E-state index < -0.39 is 0 Å². The molecule has 174 valence electrons. The molecular formula is C24H24ClN7O2. The van der Waals surface area contributed by atoms with Crippen molar-refractivity contribution < 1.29 is 9.53 Å². The lowest BCUT2D eigenvalue weighted by Crippen LogP contribution is -2.52. The van der Waals surface area contributed by atoms with Crippen LogP contribution >= 0.6 is 11.6 Å². The van der Waals surface area contributed by atoms with Crippen molar-refractivity contribution in [3.8, 4) is 17.1 Å². The lowest BCUT2D eigenvalue weighted by molar-refractivity contribution is 0.195. The Morgan fingerprint density at radius 1 is 1.18 bits per heavy atom. The summed E-state index contributed by atoms with van der Waals surface area (Å²) >= 11 is 6.27. The number of nitrogens with one attached hydrogen (secondary N) is 1. The van der Waals surface area contributed by atoms with Gasteiger partial charge in [-0.15, -0.1) is 16.8 Å². The van der Waals surface area contributed by atoms with E-state index in [9.17, 15) is 4.79 Å². The second-order valence-electron chi connectivity index (χ2n) is 7.91. The molecule has 1 N–H and O–H groups in total. The molecule has 0 bridgehead atoms. The van der Waals surface area contributed by atoms with Gasteiger partial charge in [0, 0.05) is 43.1 Å². The molecule has 0 saturated carbocycles. The highest BCUT2D eigenvalue weighted by atomic mass is 35.5. The number of hydrogen-bond donors (Lipinski definition) is 1. The van der Waals surface area contributed by atoms with Crippen molar-refractivity contribution in [3.05, 3.63) is 60.1 Å². The maximum absolute atomic E-state index is 12.4. The van der Waals surface area contributed by atoms with Gasteiger partial charge in [0.05, 0.1) is 18.2 Å². The van der Waals surface area contributed by atoms with Crippen molar-refractivity contribution >= 4 is 40.1 Å². The van der Waals surface area contributed by atoms with Gasteiger partial charge in [-0.2, -0.15) is 0 Å². The highest BCUT2D eigenvalue weighted by Crippen LogP contribution is 2.33. The second kappa shape index (κ2) is 9.18. The average molecular weight is 478 g/mol. The van der Waals surface area contributed by atoms with Crippen LogP contribution in [0.4, 0.5) is 10.7 Å². The van der Waals surface area contributed by atoms with Gasteiger partial charge in [-0.3, -0.25) is 0 Å². The molecule has 10 heteroatoms. The first kappa shape index (κ1) is 22.0. The number of carbonyl (C=O) groups is 1. The Labute approximate surface area is 201 Å². The molecule has 2 aromatic heterocycles. The molecule has 1 aliphatic rings. The molecule has 1 aliphatic heterocycles. The molecule has 5 rings (SSSR count). The topological polar surface area (TPSA) is 87.9 Å². The highest BCUT2D eigenvalue weighted by Gasteiger charge is 2.26. The monoisotopic (exact) mass is 477 g/mol. The first-order chi connectivity index (χ1) is 16.6. The van der Waals surface area contributed by atoms with Crippen molar-refractivity contribution in [2.75, 3.05) is 44.7 Å². The molecule has 4 aromatic rings. The summed E-state index contributed by atoms with van der Waals surface area (Å²) in [4.78, 5) is 21.3. The third-order valence-electron chi connectivity index (χ3n) is 5.88. The molecule has 0 aliphatic carbocycles. The Kier molecular flexibility index (Phi) is 5.93. The number of carbonyl (C=O) groups excluding carboxylic acids is 1. The largest absolute Gasteiger partial charge is 0.496 e. The number of methoxy groups -OCH3 is 1. The van der Waals surface area contributed by atoms with Gasteiger partial charge in [0.2, 0.25) is 5.95 Å². The minimum atomic E-state index is -0.0954. The molecule has 34 heavy (non-hydrogen) atoms. The molecular weight excluding hydrogens is 454 g/mol. The van der Waals surface area contributed by atoms with Crippen molar-refractivity contribution in [1.29, 1.82) is 0 Å². The van der Waals surface area contributed by atoms with Gasteiger partial charge in [-0.25, -0.2) is 14.2 Å². The Morgan fingerprint density at radius 2 is 1.97 bits per heavy atom. The van der Waals surface area contributed by atoms with Crippen LogP contribution in [-0.2, 0) is 0 Å². The third kappa shape index (κ3) is 3.88. The summed E-state index contributed by atoms with van der Waals surface area (Å²) in [5.74, 6) is 2.03. The van der Waals surface area contributed by atoms with Gasteiger partial charge < -0.3 is 19.9 Å². The standard InChI is InChI=1S/C24H24ClN7O2/c1-3-10-26-24(33)31-13-11-30(12-14-31)23-27-19-15-16(25)8-9-17(19)21-28-29-22(32(21)23)18-6-4-5-7-20(18)34-2/h3-9,15H,1,10-14H2,2H3,(H,26,33). The summed E-state index contributed by atoms with van der Waals surface area (Å²) < 4.78 is 7.55. The van der Waals surface area contributed by atoms with Crippen LogP contribution in [0.1, 0.15) is 0 Å². The van der Waals surface area contributed by atoms with E-state index in [-0.39, 0.29) is 6.03 Å². The third-order valence-corrected chi connectivity index (χ3v) is 6.11. The number of benzene rings is 2. The summed E-state index contributed by atoms with van der Waals surface area (Å²) in [7, 11) is 1.63. The lowest BCUT2D eigenvalue weighted by atomic mass is 10.2. The second-order valence-corrected chi connectivity index (χ2v) is 8.34. The average Bonchev–Trinajstić information content (AvgIpc) is 3.31. The van der Waals surface area contributed by atoms with Gasteiger partial charge in [0.25, 0.3) is 0 Å². The Balaban J connectivity index is 1.61. The van der Waals surface area contributed by atoms with Crippen LogP contribution in [-0.4, -0.2) is 70.3 Å². The fraction of sp³-hybridized carbons (Fsp3) is 0.250. The maximum Gasteiger partial charge on any atom is 0.317 e. The summed E-state index contributed by atoms with van der Waals surface area (Å²) in [5.41, 5.74) is 2.24.